The second-order valence-corrected chi connectivity index (χ2v) is 9.42. The van der Waals surface area contributed by atoms with Gasteiger partial charge in [0.1, 0.15) is 0 Å². The van der Waals surface area contributed by atoms with Crippen molar-refractivity contribution in [3.05, 3.63) is 64.9 Å². The van der Waals surface area contributed by atoms with E-state index in [1.54, 1.807) is 18.2 Å². The number of anilines is 1. The number of hydrogen-bond donors (Lipinski definition) is 0. The molecule has 0 N–H and O–H groups in total. The zero-order valence-electron chi connectivity index (χ0n) is 19.5. The highest BCUT2D eigenvalue weighted by molar-refractivity contribution is 6.08. The van der Waals surface area contributed by atoms with Crippen LogP contribution in [-0.2, 0) is 15.8 Å². The Morgan fingerprint density at radius 3 is 2.29 bits per heavy atom. The van der Waals surface area contributed by atoms with Gasteiger partial charge in [-0.25, -0.2) is 0 Å². The van der Waals surface area contributed by atoms with Crippen molar-refractivity contribution in [2.45, 2.75) is 45.2 Å². The summed E-state index contributed by atoms with van der Waals surface area (Å²) in [5, 5.41) is 0. The SMILES string of the molecule is COc1ccc(C2CC(=O)N(c3ccccc3C(F)(F)F)C3=C2C(=O)CC(C)(C)C3)cc1OC. The van der Waals surface area contributed by atoms with E-state index in [1.807, 2.05) is 13.8 Å². The second-order valence-electron chi connectivity index (χ2n) is 9.42. The Balaban J connectivity index is 1.93. The Morgan fingerprint density at radius 1 is 0.971 bits per heavy atom. The first-order chi connectivity index (χ1) is 16.0. The predicted molar refractivity (Wildman–Crippen MR) is 121 cm³/mol. The molecule has 5 nitrogen and oxygen atoms in total. The van der Waals surface area contributed by atoms with E-state index in [4.69, 9.17) is 9.47 Å². The van der Waals surface area contributed by atoms with Crippen molar-refractivity contribution in [1.82, 2.24) is 0 Å². The number of amides is 1. The summed E-state index contributed by atoms with van der Waals surface area (Å²) in [7, 11) is 2.99. The zero-order valence-corrected chi connectivity index (χ0v) is 19.5. The zero-order chi connectivity index (χ0) is 24.8. The molecule has 2 aliphatic rings. The maximum absolute atomic E-state index is 13.8. The number of Topliss-reactive ketones (excluding diaryl/α,β-unsaturated/α-hetero) is 1. The average molecular weight is 473 g/mol. The molecule has 0 bridgehead atoms. The fourth-order valence-corrected chi connectivity index (χ4v) is 4.96. The molecule has 2 aromatic rings. The van der Waals surface area contributed by atoms with Crippen molar-refractivity contribution in [3.8, 4) is 11.5 Å². The minimum Gasteiger partial charge on any atom is -0.493 e. The molecule has 0 saturated carbocycles. The topological polar surface area (TPSA) is 55.8 Å². The number of hydrogen-bond acceptors (Lipinski definition) is 4. The summed E-state index contributed by atoms with van der Waals surface area (Å²) in [5.41, 5.74) is -0.243. The first-order valence-corrected chi connectivity index (χ1v) is 10.9. The molecule has 0 radical (unpaired) electrons. The summed E-state index contributed by atoms with van der Waals surface area (Å²) in [4.78, 5) is 28.0. The van der Waals surface area contributed by atoms with Crippen molar-refractivity contribution in [2.24, 2.45) is 5.41 Å². The largest absolute Gasteiger partial charge is 0.493 e. The summed E-state index contributed by atoms with van der Waals surface area (Å²) in [6.45, 7) is 3.76. The van der Waals surface area contributed by atoms with Crippen molar-refractivity contribution in [3.63, 3.8) is 0 Å². The average Bonchev–Trinajstić information content (AvgIpc) is 2.76. The Morgan fingerprint density at radius 2 is 1.65 bits per heavy atom. The molecular formula is C26H26F3NO4. The number of alkyl halides is 3. The molecule has 1 aliphatic carbocycles. The lowest BCUT2D eigenvalue weighted by Gasteiger charge is -2.43. The van der Waals surface area contributed by atoms with Crippen molar-refractivity contribution < 1.29 is 32.2 Å². The summed E-state index contributed by atoms with van der Waals surface area (Å²) in [6, 6.07) is 10.2. The van der Waals surface area contributed by atoms with Crippen LogP contribution in [0.15, 0.2) is 53.7 Å². The lowest BCUT2D eigenvalue weighted by molar-refractivity contribution is -0.137. The van der Waals surface area contributed by atoms with Gasteiger partial charge in [-0.3, -0.25) is 14.5 Å². The number of allylic oxidation sites excluding steroid dienone is 2. The maximum Gasteiger partial charge on any atom is 0.418 e. The van der Waals surface area contributed by atoms with Crippen LogP contribution in [0.1, 0.15) is 50.2 Å². The number of methoxy groups -OCH3 is 2. The lowest BCUT2D eigenvalue weighted by atomic mass is 9.69. The number of nitrogens with zero attached hydrogens (tertiary/aromatic N) is 1. The molecular weight excluding hydrogens is 447 g/mol. The first kappa shape index (κ1) is 23.9. The highest BCUT2D eigenvalue weighted by atomic mass is 19.4. The van der Waals surface area contributed by atoms with Gasteiger partial charge in [-0.2, -0.15) is 13.2 Å². The van der Waals surface area contributed by atoms with Crippen molar-refractivity contribution in [2.75, 3.05) is 19.1 Å². The molecule has 8 heteroatoms. The molecule has 34 heavy (non-hydrogen) atoms. The number of ketones is 1. The normalized spacial score (nSPS) is 20.3. The quantitative estimate of drug-likeness (QED) is 0.556. The summed E-state index contributed by atoms with van der Waals surface area (Å²) < 4.78 is 52.2. The Labute approximate surface area is 196 Å². The number of ether oxygens (including phenoxy) is 2. The summed E-state index contributed by atoms with van der Waals surface area (Å²) in [6.07, 6.45) is -4.23. The van der Waals surface area contributed by atoms with Crippen molar-refractivity contribution >= 4 is 17.4 Å². The van der Waals surface area contributed by atoms with Gasteiger partial charge in [-0.15, -0.1) is 0 Å². The molecule has 0 saturated heterocycles. The molecule has 1 unspecified atom stereocenters. The van der Waals surface area contributed by atoms with Gasteiger partial charge in [-0.1, -0.05) is 32.0 Å². The van der Waals surface area contributed by atoms with Crippen LogP contribution in [-0.4, -0.2) is 25.9 Å². The number of carbonyl (C=O) groups is 2. The molecule has 1 atom stereocenters. The molecule has 2 aromatic carbocycles. The van der Waals surface area contributed by atoms with Crippen LogP contribution in [0.2, 0.25) is 0 Å². The second kappa shape index (κ2) is 8.49. The molecule has 1 aliphatic heterocycles. The third-order valence-electron chi connectivity index (χ3n) is 6.40. The molecule has 0 aromatic heterocycles. The lowest BCUT2D eigenvalue weighted by Crippen LogP contribution is -2.44. The first-order valence-electron chi connectivity index (χ1n) is 10.9. The highest BCUT2D eigenvalue weighted by Gasteiger charge is 2.46. The summed E-state index contributed by atoms with van der Waals surface area (Å²) >= 11 is 0. The third-order valence-corrected chi connectivity index (χ3v) is 6.40. The minimum atomic E-state index is -4.65. The van der Waals surface area contributed by atoms with E-state index in [2.05, 4.69) is 0 Å². The van der Waals surface area contributed by atoms with Crippen LogP contribution in [0.4, 0.5) is 18.9 Å². The van der Waals surface area contributed by atoms with Crippen LogP contribution in [0, 0.1) is 5.41 Å². The molecule has 180 valence electrons. The number of para-hydroxylation sites is 1. The van der Waals surface area contributed by atoms with Crippen LogP contribution < -0.4 is 14.4 Å². The Kier molecular flexibility index (Phi) is 5.96. The predicted octanol–water partition coefficient (Wildman–Crippen LogP) is 5.89. The number of benzene rings is 2. The van der Waals surface area contributed by atoms with E-state index in [0.29, 0.717) is 34.8 Å². The van der Waals surface area contributed by atoms with Crippen LogP contribution >= 0.6 is 0 Å². The van der Waals surface area contributed by atoms with E-state index in [0.717, 1.165) is 11.0 Å². The molecule has 0 fully saturated rings. The van der Waals surface area contributed by atoms with Gasteiger partial charge in [0.2, 0.25) is 5.91 Å². The fourth-order valence-electron chi connectivity index (χ4n) is 4.96. The van der Waals surface area contributed by atoms with Gasteiger partial charge in [0.25, 0.3) is 0 Å². The van der Waals surface area contributed by atoms with Gasteiger partial charge >= 0.3 is 6.18 Å². The van der Waals surface area contributed by atoms with E-state index >= 15 is 0 Å². The molecule has 1 amide bonds. The molecule has 4 rings (SSSR count). The Bertz CT molecular complexity index is 1180. The van der Waals surface area contributed by atoms with E-state index in [1.165, 1.54) is 32.4 Å². The fraction of sp³-hybridized carbons (Fsp3) is 0.385. The number of halogens is 3. The van der Waals surface area contributed by atoms with Crippen LogP contribution in [0.25, 0.3) is 0 Å². The molecule has 1 heterocycles. The van der Waals surface area contributed by atoms with Crippen LogP contribution in [0.5, 0.6) is 11.5 Å². The van der Waals surface area contributed by atoms with Gasteiger partial charge in [0, 0.05) is 30.0 Å². The summed E-state index contributed by atoms with van der Waals surface area (Å²) in [5.74, 6) is -0.281. The maximum atomic E-state index is 13.8. The number of carbonyl (C=O) groups excluding carboxylic acids is 2. The molecule has 0 spiro atoms. The van der Waals surface area contributed by atoms with Crippen LogP contribution in [0.3, 0.4) is 0 Å². The van der Waals surface area contributed by atoms with Gasteiger partial charge in [0.05, 0.1) is 25.5 Å². The van der Waals surface area contributed by atoms with Gasteiger partial charge < -0.3 is 9.47 Å². The third kappa shape index (κ3) is 4.17. The van der Waals surface area contributed by atoms with E-state index in [-0.39, 0.29) is 24.3 Å². The smallest absolute Gasteiger partial charge is 0.418 e. The van der Waals surface area contributed by atoms with E-state index < -0.39 is 29.0 Å². The Hall–Kier alpha value is -3.29. The van der Waals surface area contributed by atoms with Gasteiger partial charge in [0.15, 0.2) is 17.3 Å². The standard InChI is InChI=1S/C26H26F3NO4/c1-25(2)13-19-24(20(31)14-25)16(15-9-10-21(33-3)22(11-15)34-4)12-23(32)30(19)18-8-6-5-7-17(18)26(27,28)29/h5-11,16H,12-14H2,1-4H3. The highest BCUT2D eigenvalue weighted by Crippen LogP contribution is 2.50. The monoisotopic (exact) mass is 473 g/mol. The minimum absolute atomic E-state index is 0.132. The van der Waals surface area contributed by atoms with E-state index in [9.17, 15) is 22.8 Å². The number of rotatable bonds is 4. The van der Waals surface area contributed by atoms with Gasteiger partial charge in [-0.05, 0) is 41.7 Å². The van der Waals surface area contributed by atoms with Crippen molar-refractivity contribution in [1.29, 1.82) is 0 Å².